The van der Waals surface area contributed by atoms with Crippen molar-refractivity contribution in [1.82, 2.24) is 5.32 Å². The lowest BCUT2D eigenvalue weighted by molar-refractivity contribution is -0.115. The zero-order chi connectivity index (χ0) is 22.8. The second-order valence-corrected chi connectivity index (χ2v) is 7.58. The van der Waals surface area contributed by atoms with Gasteiger partial charge in [0.15, 0.2) is 11.5 Å². The molecule has 3 amide bonds. The third-order valence-electron chi connectivity index (χ3n) is 4.03. The molecular formula is C23H22IN3O4. The molecule has 0 saturated carbocycles. The zero-order valence-electron chi connectivity index (χ0n) is 17.0. The van der Waals surface area contributed by atoms with Gasteiger partial charge >= 0.3 is 6.03 Å². The molecule has 7 nitrogen and oxygen atoms in total. The first-order valence-electron chi connectivity index (χ1n) is 9.38. The molecule has 2 rings (SSSR count). The van der Waals surface area contributed by atoms with Gasteiger partial charge in [0.2, 0.25) is 0 Å². The minimum Gasteiger partial charge on any atom is -0.490 e. The van der Waals surface area contributed by atoms with Gasteiger partial charge in [0, 0.05) is 9.13 Å². The predicted molar refractivity (Wildman–Crippen MR) is 126 cm³/mol. The third kappa shape index (κ3) is 7.15. The highest BCUT2D eigenvalue weighted by molar-refractivity contribution is 14.1. The summed E-state index contributed by atoms with van der Waals surface area (Å²) in [6, 6.07) is 12.2. The van der Waals surface area contributed by atoms with Crippen molar-refractivity contribution >= 4 is 40.6 Å². The van der Waals surface area contributed by atoms with Crippen molar-refractivity contribution in [3.63, 3.8) is 0 Å². The Morgan fingerprint density at radius 2 is 1.97 bits per heavy atom. The average molecular weight is 531 g/mol. The van der Waals surface area contributed by atoms with Crippen LogP contribution >= 0.6 is 22.6 Å². The van der Waals surface area contributed by atoms with Gasteiger partial charge in [0.25, 0.3) is 5.91 Å². The molecule has 160 valence electrons. The van der Waals surface area contributed by atoms with E-state index in [-0.39, 0.29) is 5.57 Å². The van der Waals surface area contributed by atoms with Crippen LogP contribution in [0.1, 0.15) is 23.6 Å². The van der Waals surface area contributed by atoms with Crippen LogP contribution in [0.15, 0.2) is 54.6 Å². The van der Waals surface area contributed by atoms with Crippen molar-refractivity contribution in [2.45, 2.75) is 20.0 Å². The summed E-state index contributed by atoms with van der Waals surface area (Å²) in [5, 5.41) is 11.2. The summed E-state index contributed by atoms with van der Waals surface area (Å²) in [6.07, 6.45) is 3.57. The van der Waals surface area contributed by atoms with Crippen molar-refractivity contribution in [3.8, 4) is 17.6 Å². The molecule has 0 aliphatic carbocycles. The highest BCUT2D eigenvalue weighted by Crippen LogP contribution is 2.35. The van der Waals surface area contributed by atoms with E-state index in [1.807, 2.05) is 36.5 Å². The Morgan fingerprint density at radius 3 is 2.55 bits per heavy atom. The Labute approximate surface area is 194 Å². The summed E-state index contributed by atoms with van der Waals surface area (Å²) < 4.78 is 13.0. The summed E-state index contributed by atoms with van der Waals surface area (Å²) in [6.45, 7) is 6.38. The van der Waals surface area contributed by atoms with Crippen LogP contribution in [0.5, 0.6) is 11.5 Å². The number of carbonyl (C=O) groups is 2. The van der Waals surface area contributed by atoms with Gasteiger partial charge in [-0.05, 0) is 77.4 Å². The zero-order valence-corrected chi connectivity index (χ0v) is 19.1. The van der Waals surface area contributed by atoms with Crippen LogP contribution in [-0.2, 0) is 17.8 Å². The van der Waals surface area contributed by atoms with Crippen LogP contribution in [0.25, 0.3) is 6.08 Å². The fourth-order valence-corrected chi connectivity index (χ4v) is 3.09. The number of nitrogens with one attached hydrogen (secondary N) is 1. The fourth-order valence-electron chi connectivity index (χ4n) is 2.73. The number of nitrogens with two attached hydrogens (primary N) is 1. The van der Waals surface area contributed by atoms with Crippen molar-refractivity contribution in [2.75, 3.05) is 6.61 Å². The number of allylic oxidation sites excluding steroid dienone is 1. The van der Waals surface area contributed by atoms with E-state index >= 15 is 0 Å². The van der Waals surface area contributed by atoms with E-state index in [1.54, 1.807) is 24.3 Å². The lowest BCUT2D eigenvalue weighted by Crippen LogP contribution is -2.35. The predicted octanol–water partition coefficient (Wildman–Crippen LogP) is 4.10. The number of benzene rings is 2. The largest absolute Gasteiger partial charge is 0.490 e. The number of carbonyl (C=O) groups excluding carboxylic acids is 2. The maximum atomic E-state index is 12.0. The number of hydrogen-bond acceptors (Lipinski definition) is 5. The number of imide groups is 1. The van der Waals surface area contributed by atoms with Gasteiger partial charge in [-0.1, -0.05) is 18.2 Å². The molecule has 0 fully saturated rings. The van der Waals surface area contributed by atoms with Crippen molar-refractivity contribution in [3.05, 3.63) is 74.9 Å². The van der Waals surface area contributed by atoms with Crippen LogP contribution in [0, 0.1) is 14.9 Å². The smallest absolute Gasteiger partial charge is 0.319 e. The van der Waals surface area contributed by atoms with Gasteiger partial charge < -0.3 is 15.2 Å². The van der Waals surface area contributed by atoms with Crippen molar-refractivity contribution in [2.24, 2.45) is 5.73 Å². The molecule has 0 saturated heterocycles. The van der Waals surface area contributed by atoms with E-state index in [1.165, 1.54) is 6.08 Å². The molecule has 8 heteroatoms. The van der Waals surface area contributed by atoms with E-state index in [4.69, 9.17) is 15.2 Å². The molecule has 31 heavy (non-hydrogen) atoms. The normalized spacial score (nSPS) is 10.7. The molecule has 0 radical (unpaired) electrons. The molecule has 0 bridgehead atoms. The molecule has 0 spiro atoms. The molecule has 2 aromatic carbocycles. The Morgan fingerprint density at radius 1 is 1.26 bits per heavy atom. The molecule has 0 heterocycles. The van der Waals surface area contributed by atoms with Crippen LogP contribution in [0.2, 0.25) is 0 Å². The minimum atomic E-state index is -1.03. The van der Waals surface area contributed by atoms with Crippen LogP contribution in [-0.4, -0.2) is 18.5 Å². The molecule has 0 aliphatic rings. The SMILES string of the molecule is C=CCc1cc(/C=C(/C#N)C(=O)NC(N)=O)cc(OCC)c1OCc1ccc(I)cc1. The van der Waals surface area contributed by atoms with E-state index in [9.17, 15) is 14.9 Å². The monoisotopic (exact) mass is 531 g/mol. The number of halogens is 1. The number of amides is 3. The van der Waals surface area contributed by atoms with Crippen LogP contribution in [0.3, 0.4) is 0 Å². The van der Waals surface area contributed by atoms with E-state index < -0.39 is 11.9 Å². The second-order valence-electron chi connectivity index (χ2n) is 6.34. The Bertz CT molecular complexity index is 1040. The van der Waals surface area contributed by atoms with Gasteiger partial charge in [-0.15, -0.1) is 6.58 Å². The van der Waals surface area contributed by atoms with Gasteiger partial charge in [0.05, 0.1) is 6.61 Å². The third-order valence-corrected chi connectivity index (χ3v) is 4.75. The first kappa shape index (κ1) is 24.0. The number of primary amides is 1. The highest BCUT2D eigenvalue weighted by Gasteiger charge is 2.16. The van der Waals surface area contributed by atoms with Gasteiger partial charge in [0.1, 0.15) is 18.2 Å². The lowest BCUT2D eigenvalue weighted by Gasteiger charge is -2.17. The minimum absolute atomic E-state index is 0.265. The van der Waals surface area contributed by atoms with Gasteiger partial charge in [-0.2, -0.15) is 5.26 Å². The average Bonchev–Trinajstić information content (AvgIpc) is 2.72. The van der Waals surface area contributed by atoms with E-state index in [0.717, 1.165) is 14.7 Å². The maximum Gasteiger partial charge on any atom is 0.319 e. The second kappa shape index (κ2) is 11.8. The number of ether oxygens (including phenoxy) is 2. The number of rotatable bonds is 9. The Kier molecular flexibility index (Phi) is 9.09. The summed E-state index contributed by atoms with van der Waals surface area (Å²) >= 11 is 2.24. The van der Waals surface area contributed by atoms with Crippen molar-refractivity contribution in [1.29, 1.82) is 5.26 Å². The van der Waals surface area contributed by atoms with Crippen LogP contribution in [0.4, 0.5) is 4.79 Å². The summed E-state index contributed by atoms with van der Waals surface area (Å²) in [7, 11) is 0. The molecule has 3 N–H and O–H groups in total. The molecule has 0 unspecified atom stereocenters. The number of nitrogens with zero attached hydrogens (tertiary/aromatic N) is 1. The number of urea groups is 1. The summed E-state index contributed by atoms with van der Waals surface area (Å²) in [4.78, 5) is 22.9. The summed E-state index contributed by atoms with van der Waals surface area (Å²) in [5.41, 5.74) is 7.02. The number of nitriles is 1. The standard InChI is InChI=1S/C23H22IN3O4/c1-3-5-17-10-16(11-18(13-25)22(28)27-23(26)29)12-20(30-4-2)21(17)31-14-15-6-8-19(24)9-7-15/h3,6-12H,1,4-5,14H2,2H3,(H3,26,27,28,29)/b18-11-. The quantitative estimate of drug-likeness (QED) is 0.219. The van der Waals surface area contributed by atoms with Gasteiger partial charge in [-0.25, -0.2) is 4.79 Å². The highest BCUT2D eigenvalue weighted by atomic mass is 127. The molecular weight excluding hydrogens is 509 g/mol. The molecule has 0 atom stereocenters. The first-order valence-corrected chi connectivity index (χ1v) is 10.5. The number of hydrogen-bond donors (Lipinski definition) is 2. The summed E-state index contributed by atoms with van der Waals surface area (Å²) in [5.74, 6) is 0.168. The lowest BCUT2D eigenvalue weighted by atomic mass is 10.0. The molecule has 2 aromatic rings. The first-order chi connectivity index (χ1) is 14.9. The van der Waals surface area contributed by atoms with Crippen LogP contribution < -0.4 is 20.5 Å². The van der Waals surface area contributed by atoms with E-state index in [2.05, 4.69) is 29.2 Å². The molecule has 0 aliphatic heterocycles. The van der Waals surface area contributed by atoms with Crippen molar-refractivity contribution < 1.29 is 19.1 Å². The fraction of sp³-hybridized carbons (Fsp3) is 0.174. The Balaban J connectivity index is 2.43. The topological polar surface area (TPSA) is 114 Å². The van der Waals surface area contributed by atoms with E-state index in [0.29, 0.717) is 36.7 Å². The molecule has 0 aromatic heterocycles. The Hall–Kier alpha value is -3.32. The maximum absolute atomic E-state index is 12.0. The van der Waals surface area contributed by atoms with Gasteiger partial charge in [-0.3, -0.25) is 10.1 Å².